The van der Waals surface area contributed by atoms with Crippen LogP contribution in [0.15, 0.2) is 72.8 Å². The first kappa shape index (κ1) is 22.6. The van der Waals surface area contributed by atoms with Crippen LogP contribution in [0, 0.1) is 5.92 Å². The summed E-state index contributed by atoms with van der Waals surface area (Å²) in [5.41, 5.74) is 1.10. The van der Waals surface area contributed by atoms with Gasteiger partial charge in [-0.3, -0.25) is 4.79 Å². The number of nitrogens with zero attached hydrogens (tertiary/aromatic N) is 1. The van der Waals surface area contributed by atoms with E-state index in [1.807, 2.05) is 74.5 Å². The highest BCUT2D eigenvalue weighted by atomic mass is 16.6. The van der Waals surface area contributed by atoms with Crippen LogP contribution in [0.2, 0.25) is 0 Å². The molecule has 0 bridgehead atoms. The molecular weight excluding hydrogens is 394 g/mol. The predicted octanol–water partition coefficient (Wildman–Crippen LogP) is 4.60. The SMILES string of the molecule is CC(C)[C@H]1COC(=O)N1C(=O)[C@@H](C/C=C/COCc1ccccc1)Oc1ccccc1. The molecule has 1 aliphatic heterocycles. The number of para-hydroxylation sites is 1. The average Bonchev–Trinajstić information content (AvgIpc) is 3.18. The quantitative estimate of drug-likeness (QED) is 0.413. The summed E-state index contributed by atoms with van der Waals surface area (Å²) in [6, 6.07) is 18.8. The number of ether oxygens (including phenoxy) is 3. The van der Waals surface area contributed by atoms with E-state index in [0.717, 1.165) is 5.56 Å². The highest BCUT2D eigenvalue weighted by Crippen LogP contribution is 2.23. The zero-order valence-electron chi connectivity index (χ0n) is 18.0. The molecule has 3 rings (SSSR count). The van der Waals surface area contributed by atoms with E-state index in [4.69, 9.17) is 14.2 Å². The average molecular weight is 424 g/mol. The lowest BCUT2D eigenvalue weighted by Gasteiger charge is -2.26. The van der Waals surface area contributed by atoms with E-state index in [9.17, 15) is 9.59 Å². The Hall–Kier alpha value is -3.12. The standard InChI is InChI=1S/C25H29NO5/c1-19(2)22-18-30-25(28)26(22)24(27)23(31-21-13-7-4-8-14-21)15-9-10-16-29-17-20-11-5-3-6-12-20/h3-14,19,22-23H,15-18H2,1-2H3/b10-9+/t22-,23-/m1/s1. The smallest absolute Gasteiger partial charge is 0.417 e. The van der Waals surface area contributed by atoms with Crippen LogP contribution in [0.3, 0.4) is 0 Å². The number of cyclic esters (lactones) is 1. The fourth-order valence-electron chi connectivity index (χ4n) is 3.30. The van der Waals surface area contributed by atoms with Crippen molar-refractivity contribution in [3.63, 3.8) is 0 Å². The summed E-state index contributed by atoms with van der Waals surface area (Å²) < 4.78 is 16.7. The Balaban J connectivity index is 1.62. The van der Waals surface area contributed by atoms with E-state index in [1.54, 1.807) is 12.1 Å². The van der Waals surface area contributed by atoms with Gasteiger partial charge in [0, 0.05) is 6.42 Å². The molecule has 0 N–H and O–H groups in total. The second kappa shape index (κ2) is 11.3. The maximum Gasteiger partial charge on any atom is 0.417 e. The molecule has 0 aliphatic carbocycles. The molecule has 0 spiro atoms. The number of carbonyl (C=O) groups is 2. The van der Waals surface area contributed by atoms with Crippen molar-refractivity contribution < 1.29 is 23.8 Å². The zero-order valence-corrected chi connectivity index (χ0v) is 18.0. The fraction of sp³-hybridized carbons (Fsp3) is 0.360. The Morgan fingerprint density at radius 1 is 1.10 bits per heavy atom. The molecule has 2 atom stereocenters. The third kappa shape index (κ3) is 6.43. The molecule has 1 saturated heterocycles. The molecule has 0 unspecified atom stereocenters. The van der Waals surface area contributed by atoms with Crippen molar-refractivity contribution in [3.8, 4) is 5.75 Å². The fourth-order valence-corrected chi connectivity index (χ4v) is 3.30. The van der Waals surface area contributed by atoms with Gasteiger partial charge in [0.25, 0.3) is 5.91 Å². The second-order valence-electron chi connectivity index (χ2n) is 7.72. The van der Waals surface area contributed by atoms with Crippen molar-refractivity contribution >= 4 is 12.0 Å². The minimum atomic E-state index is -0.834. The van der Waals surface area contributed by atoms with Crippen LogP contribution in [0.5, 0.6) is 5.75 Å². The van der Waals surface area contributed by atoms with Gasteiger partial charge >= 0.3 is 6.09 Å². The van der Waals surface area contributed by atoms with Gasteiger partial charge in [-0.15, -0.1) is 0 Å². The first-order valence-corrected chi connectivity index (χ1v) is 10.5. The molecule has 6 heteroatoms. The summed E-state index contributed by atoms with van der Waals surface area (Å²) in [4.78, 5) is 26.6. The van der Waals surface area contributed by atoms with Crippen LogP contribution < -0.4 is 4.74 Å². The number of hydrogen-bond donors (Lipinski definition) is 0. The molecule has 1 aliphatic rings. The van der Waals surface area contributed by atoms with Gasteiger partial charge < -0.3 is 14.2 Å². The highest BCUT2D eigenvalue weighted by Gasteiger charge is 2.42. The Bertz CT molecular complexity index is 866. The summed E-state index contributed by atoms with van der Waals surface area (Å²) in [6.07, 6.45) is 2.58. The van der Waals surface area contributed by atoms with Gasteiger partial charge in [0.2, 0.25) is 0 Å². The number of rotatable bonds is 10. The molecule has 0 saturated carbocycles. The van der Waals surface area contributed by atoms with Crippen LogP contribution in [-0.2, 0) is 20.9 Å². The lowest BCUT2D eigenvalue weighted by molar-refractivity contribution is -0.137. The van der Waals surface area contributed by atoms with Gasteiger partial charge in [0.05, 0.1) is 19.3 Å². The molecule has 1 fully saturated rings. The molecule has 1 heterocycles. The summed E-state index contributed by atoms with van der Waals surface area (Å²) >= 11 is 0. The minimum Gasteiger partial charge on any atom is -0.480 e. The minimum absolute atomic E-state index is 0.0923. The van der Waals surface area contributed by atoms with Gasteiger partial charge in [0.15, 0.2) is 6.10 Å². The monoisotopic (exact) mass is 423 g/mol. The Labute approximate surface area is 183 Å². The van der Waals surface area contributed by atoms with Crippen LogP contribution in [0.1, 0.15) is 25.8 Å². The van der Waals surface area contributed by atoms with Crippen molar-refractivity contribution in [2.45, 2.75) is 39.0 Å². The summed E-state index contributed by atoms with van der Waals surface area (Å²) in [5, 5.41) is 0. The number of amides is 2. The summed E-state index contributed by atoms with van der Waals surface area (Å²) in [6.45, 7) is 5.07. The van der Waals surface area contributed by atoms with Gasteiger partial charge in [-0.2, -0.15) is 0 Å². The van der Waals surface area contributed by atoms with E-state index in [0.29, 0.717) is 25.4 Å². The number of imide groups is 1. The second-order valence-corrected chi connectivity index (χ2v) is 7.72. The van der Waals surface area contributed by atoms with Crippen molar-refractivity contribution in [1.29, 1.82) is 0 Å². The molecule has 164 valence electrons. The van der Waals surface area contributed by atoms with Crippen LogP contribution in [0.25, 0.3) is 0 Å². The number of carbonyl (C=O) groups excluding carboxylic acids is 2. The Morgan fingerprint density at radius 2 is 1.77 bits per heavy atom. The lowest BCUT2D eigenvalue weighted by Crippen LogP contribution is -2.48. The lowest BCUT2D eigenvalue weighted by atomic mass is 10.0. The molecular formula is C25H29NO5. The Morgan fingerprint density at radius 3 is 2.45 bits per heavy atom. The summed E-state index contributed by atoms with van der Waals surface area (Å²) in [7, 11) is 0. The van der Waals surface area contributed by atoms with Crippen molar-refractivity contribution in [2.24, 2.45) is 5.92 Å². The van der Waals surface area contributed by atoms with E-state index in [1.165, 1.54) is 4.90 Å². The molecule has 0 aromatic heterocycles. The normalized spacial score (nSPS) is 17.2. The maximum atomic E-state index is 13.2. The van der Waals surface area contributed by atoms with Crippen LogP contribution in [0.4, 0.5) is 4.79 Å². The van der Waals surface area contributed by atoms with Gasteiger partial charge in [-0.05, 0) is 23.6 Å². The Kier molecular flexibility index (Phi) is 8.24. The van der Waals surface area contributed by atoms with Crippen molar-refractivity contribution in [1.82, 2.24) is 4.90 Å². The van der Waals surface area contributed by atoms with E-state index < -0.39 is 12.2 Å². The van der Waals surface area contributed by atoms with Crippen LogP contribution in [-0.4, -0.2) is 42.3 Å². The van der Waals surface area contributed by atoms with E-state index in [2.05, 4.69) is 0 Å². The molecule has 2 amide bonds. The van der Waals surface area contributed by atoms with Gasteiger partial charge in [-0.25, -0.2) is 9.69 Å². The third-order valence-electron chi connectivity index (χ3n) is 5.05. The maximum absolute atomic E-state index is 13.2. The topological polar surface area (TPSA) is 65.1 Å². The first-order valence-electron chi connectivity index (χ1n) is 10.5. The molecule has 2 aromatic rings. The largest absolute Gasteiger partial charge is 0.480 e. The first-order chi connectivity index (χ1) is 15.1. The van der Waals surface area contributed by atoms with Gasteiger partial charge in [0.1, 0.15) is 12.4 Å². The van der Waals surface area contributed by atoms with Crippen molar-refractivity contribution in [2.75, 3.05) is 13.2 Å². The van der Waals surface area contributed by atoms with E-state index >= 15 is 0 Å². The molecule has 6 nitrogen and oxygen atoms in total. The summed E-state index contributed by atoms with van der Waals surface area (Å²) in [5.74, 6) is 0.276. The van der Waals surface area contributed by atoms with E-state index in [-0.39, 0.29) is 24.5 Å². The molecule has 2 aromatic carbocycles. The highest BCUT2D eigenvalue weighted by molar-refractivity contribution is 5.96. The number of benzene rings is 2. The molecule has 31 heavy (non-hydrogen) atoms. The predicted molar refractivity (Wildman–Crippen MR) is 118 cm³/mol. The number of hydrogen-bond acceptors (Lipinski definition) is 5. The van der Waals surface area contributed by atoms with Gasteiger partial charge in [-0.1, -0.05) is 74.5 Å². The third-order valence-corrected chi connectivity index (χ3v) is 5.05. The van der Waals surface area contributed by atoms with Crippen LogP contribution >= 0.6 is 0 Å². The zero-order chi connectivity index (χ0) is 22.1. The molecule has 0 radical (unpaired) electrons. The van der Waals surface area contributed by atoms with Crippen molar-refractivity contribution in [3.05, 3.63) is 78.4 Å².